The van der Waals surface area contributed by atoms with E-state index in [-0.39, 0.29) is 5.69 Å². The van der Waals surface area contributed by atoms with Gasteiger partial charge in [-0.3, -0.25) is 0 Å². The zero-order valence-electron chi connectivity index (χ0n) is 10.3. The van der Waals surface area contributed by atoms with Crippen LogP contribution in [-0.2, 0) is 6.18 Å². The van der Waals surface area contributed by atoms with Crippen LogP contribution in [0.2, 0.25) is 0 Å². The third-order valence-corrected chi connectivity index (χ3v) is 2.56. The van der Waals surface area contributed by atoms with Crippen LogP contribution in [0.25, 0.3) is 0 Å². The lowest BCUT2D eigenvalue weighted by Gasteiger charge is -2.20. The number of nitrogens with zero attached hydrogens (tertiary/aromatic N) is 1. The van der Waals surface area contributed by atoms with Crippen LogP contribution in [0.4, 0.5) is 23.2 Å². The largest absolute Gasteiger partial charge is 0.416 e. The topological polar surface area (TPSA) is 15.3 Å². The fourth-order valence-electron chi connectivity index (χ4n) is 1.54. The minimum absolute atomic E-state index is 0.168. The first kappa shape index (κ1) is 14.8. The van der Waals surface area contributed by atoms with Gasteiger partial charge in [0, 0.05) is 20.1 Å². The molecule has 0 aliphatic heterocycles. The Hall–Kier alpha value is -1.30. The molecule has 0 atom stereocenters. The third-order valence-electron chi connectivity index (χ3n) is 2.56. The molecule has 0 amide bonds. The highest BCUT2D eigenvalue weighted by atomic mass is 19.4. The second-order valence-corrected chi connectivity index (χ2v) is 3.94. The first-order valence-corrected chi connectivity index (χ1v) is 5.65. The van der Waals surface area contributed by atoms with Crippen molar-refractivity contribution in [2.45, 2.75) is 13.1 Å². The van der Waals surface area contributed by atoms with Gasteiger partial charge in [0.25, 0.3) is 0 Å². The molecule has 0 saturated carbocycles. The van der Waals surface area contributed by atoms with Crippen molar-refractivity contribution in [1.29, 1.82) is 0 Å². The van der Waals surface area contributed by atoms with Crippen molar-refractivity contribution < 1.29 is 17.6 Å². The Balaban J connectivity index is 2.79. The van der Waals surface area contributed by atoms with E-state index in [0.717, 1.165) is 18.7 Å². The molecule has 0 unspecified atom stereocenters. The quantitative estimate of drug-likeness (QED) is 0.650. The molecule has 1 N–H and O–H groups in total. The third kappa shape index (κ3) is 3.87. The molecular weight excluding hydrogens is 248 g/mol. The van der Waals surface area contributed by atoms with Crippen molar-refractivity contribution >= 4 is 5.69 Å². The molecule has 18 heavy (non-hydrogen) atoms. The van der Waals surface area contributed by atoms with E-state index in [0.29, 0.717) is 19.2 Å². The van der Waals surface area contributed by atoms with Gasteiger partial charge in [-0.05, 0) is 24.7 Å². The van der Waals surface area contributed by atoms with Crippen molar-refractivity contribution in [3.63, 3.8) is 0 Å². The lowest BCUT2D eigenvalue weighted by Crippen LogP contribution is -2.29. The van der Waals surface area contributed by atoms with Crippen LogP contribution >= 0.6 is 0 Å². The highest BCUT2D eigenvalue weighted by Crippen LogP contribution is 2.31. The molecule has 0 fully saturated rings. The summed E-state index contributed by atoms with van der Waals surface area (Å²) in [5.41, 5.74) is -0.801. The smallest absolute Gasteiger partial charge is 0.371 e. The zero-order valence-corrected chi connectivity index (χ0v) is 10.3. The highest BCUT2D eigenvalue weighted by molar-refractivity contribution is 5.48. The van der Waals surface area contributed by atoms with E-state index >= 15 is 0 Å². The number of nitrogens with one attached hydrogen (secondary N) is 1. The standard InChI is InChI=1S/C12H16F4N2/c1-3-17-6-7-18(2)11-5-4-9(8-10(11)13)12(14,15)16/h4-5,8,17H,3,6-7H2,1-2H3. The number of hydrogen-bond acceptors (Lipinski definition) is 2. The lowest BCUT2D eigenvalue weighted by atomic mass is 10.2. The van der Waals surface area contributed by atoms with Crippen molar-refractivity contribution in [3.05, 3.63) is 29.6 Å². The van der Waals surface area contributed by atoms with Crippen LogP contribution in [0.3, 0.4) is 0 Å². The normalized spacial score (nSPS) is 11.7. The van der Waals surface area contributed by atoms with Gasteiger partial charge in [0.1, 0.15) is 5.82 Å². The van der Waals surface area contributed by atoms with Crippen LogP contribution in [0.15, 0.2) is 18.2 Å². The van der Waals surface area contributed by atoms with Gasteiger partial charge in [-0.1, -0.05) is 6.92 Å². The number of rotatable bonds is 5. The zero-order chi connectivity index (χ0) is 13.8. The van der Waals surface area contributed by atoms with Crippen LogP contribution in [0, 0.1) is 5.82 Å². The van der Waals surface area contributed by atoms with E-state index in [1.165, 1.54) is 0 Å². The van der Waals surface area contributed by atoms with E-state index in [2.05, 4.69) is 5.32 Å². The Morgan fingerprint density at radius 3 is 2.44 bits per heavy atom. The molecule has 1 rings (SSSR count). The summed E-state index contributed by atoms with van der Waals surface area (Å²) in [6.07, 6.45) is -4.51. The summed E-state index contributed by atoms with van der Waals surface area (Å²) in [5, 5.41) is 3.06. The average Bonchev–Trinajstić information content (AvgIpc) is 2.27. The maximum atomic E-state index is 13.6. The SMILES string of the molecule is CCNCCN(C)c1ccc(C(F)(F)F)cc1F. The Morgan fingerprint density at radius 2 is 1.94 bits per heavy atom. The molecule has 102 valence electrons. The molecule has 1 aromatic rings. The van der Waals surface area contributed by atoms with E-state index in [1.807, 2.05) is 6.92 Å². The molecule has 6 heteroatoms. The van der Waals surface area contributed by atoms with Gasteiger partial charge in [-0.25, -0.2) is 4.39 Å². The van der Waals surface area contributed by atoms with Crippen molar-refractivity contribution in [2.24, 2.45) is 0 Å². The summed E-state index contributed by atoms with van der Waals surface area (Å²) in [6, 6.07) is 2.57. The molecular formula is C12H16F4N2. The summed E-state index contributed by atoms with van der Waals surface area (Å²) in [6.45, 7) is 3.91. The molecule has 0 saturated heterocycles. The first-order chi connectivity index (χ1) is 8.36. The maximum absolute atomic E-state index is 13.6. The molecule has 0 heterocycles. The summed E-state index contributed by atoms with van der Waals surface area (Å²) < 4.78 is 50.7. The Morgan fingerprint density at radius 1 is 1.28 bits per heavy atom. The molecule has 0 spiro atoms. The maximum Gasteiger partial charge on any atom is 0.416 e. The minimum atomic E-state index is -4.51. The number of hydrogen-bond donors (Lipinski definition) is 1. The second-order valence-electron chi connectivity index (χ2n) is 3.94. The molecule has 2 nitrogen and oxygen atoms in total. The van der Waals surface area contributed by atoms with Gasteiger partial charge in [-0.15, -0.1) is 0 Å². The minimum Gasteiger partial charge on any atom is -0.371 e. The van der Waals surface area contributed by atoms with Gasteiger partial charge >= 0.3 is 6.18 Å². The monoisotopic (exact) mass is 264 g/mol. The molecule has 0 aliphatic rings. The van der Waals surface area contributed by atoms with Gasteiger partial charge < -0.3 is 10.2 Å². The van der Waals surface area contributed by atoms with Crippen molar-refractivity contribution in [1.82, 2.24) is 5.32 Å². The molecule has 0 bridgehead atoms. The molecule has 1 aromatic carbocycles. The van der Waals surface area contributed by atoms with Crippen LogP contribution in [-0.4, -0.2) is 26.7 Å². The van der Waals surface area contributed by atoms with E-state index in [9.17, 15) is 17.6 Å². The van der Waals surface area contributed by atoms with Gasteiger partial charge in [0.05, 0.1) is 11.3 Å². The number of anilines is 1. The predicted octanol–water partition coefficient (Wildman–Crippen LogP) is 2.89. The molecule has 0 radical (unpaired) electrons. The lowest BCUT2D eigenvalue weighted by molar-refractivity contribution is -0.137. The van der Waals surface area contributed by atoms with Gasteiger partial charge in [-0.2, -0.15) is 13.2 Å². The summed E-state index contributed by atoms with van der Waals surface area (Å²) in [7, 11) is 1.64. The Labute approximate surface area is 104 Å². The molecule has 0 aromatic heterocycles. The van der Waals surface area contributed by atoms with Crippen molar-refractivity contribution in [2.75, 3.05) is 31.6 Å². The van der Waals surface area contributed by atoms with Crippen LogP contribution in [0.1, 0.15) is 12.5 Å². The fourth-order valence-corrected chi connectivity index (χ4v) is 1.54. The van der Waals surface area contributed by atoms with E-state index in [4.69, 9.17) is 0 Å². The van der Waals surface area contributed by atoms with E-state index < -0.39 is 17.6 Å². The predicted molar refractivity (Wildman–Crippen MR) is 63.2 cm³/mol. The first-order valence-electron chi connectivity index (χ1n) is 5.65. The van der Waals surface area contributed by atoms with E-state index in [1.54, 1.807) is 11.9 Å². The molecule has 0 aliphatic carbocycles. The Kier molecular flexibility index (Phi) is 4.95. The summed E-state index contributed by atoms with van der Waals surface area (Å²) in [4.78, 5) is 1.58. The highest BCUT2D eigenvalue weighted by Gasteiger charge is 2.31. The average molecular weight is 264 g/mol. The second kappa shape index (κ2) is 6.04. The van der Waals surface area contributed by atoms with Crippen molar-refractivity contribution in [3.8, 4) is 0 Å². The van der Waals surface area contributed by atoms with Crippen LogP contribution < -0.4 is 10.2 Å². The van der Waals surface area contributed by atoms with Crippen LogP contribution in [0.5, 0.6) is 0 Å². The van der Waals surface area contributed by atoms with Gasteiger partial charge in [0.2, 0.25) is 0 Å². The fraction of sp³-hybridized carbons (Fsp3) is 0.500. The summed E-state index contributed by atoms with van der Waals surface area (Å²) in [5.74, 6) is -0.858. The Bertz CT molecular complexity index is 390. The number of alkyl halides is 3. The number of likely N-dealkylation sites (N-methyl/N-ethyl adjacent to an activating group) is 2. The summed E-state index contributed by atoms with van der Waals surface area (Å²) >= 11 is 0. The number of halogens is 4. The van der Waals surface area contributed by atoms with Gasteiger partial charge in [0.15, 0.2) is 0 Å². The number of benzene rings is 1.